The first kappa shape index (κ1) is 15.7. The molecule has 0 aromatic heterocycles. The zero-order valence-electron chi connectivity index (χ0n) is 12.0. The molecule has 8 heteroatoms. The van der Waals surface area contributed by atoms with Gasteiger partial charge in [-0.05, 0) is 42.3 Å². The molecule has 114 valence electrons. The lowest BCUT2D eigenvalue weighted by atomic mass is 10.2. The molecule has 0 aliphatic rings. The van der Waals surface area contributed by atoms with Gasteiger partial charge in [0.05, 0.1) is 17.7 Å². The summed E-state index contributed by atoms with van der Waals surface area (Å²) in [6, 6.07) is 10.8. The minimum Gasteiger partial charge on any atom is -0.495 e. The van der Waals surface area contributed by atoms with Crippen molar-refractivity contribution in [2.24, 2.45) is 5.11 Å². The third kappa shape index (κ3) is 3.49. The Kier molecular flexibility index (Phi) is 4.55. The Balaban J connectivity index is 2.35. The van der Waals surface area contributed by atoms with Gasteiger partial charge in [-0.15, -0.1) is 0 Å². The fraction of sp³-hybridized carbons (Fsp3) is 0.143. The van der Waals surface area contributed by atoms with E-state index < -0.39 is 10.0 Å². The average molecular weight is 318 g/mol. The molecular formula is C14H14N4O3S. The Morgan fingerprint density at radius 3 is 2.45 bits per heavy atom. The number of hydrogen-bond acceptors (Lipinski definition) is 4. The SMILES string of the molecule is COc1ccc(C)cc1NS(=O)(=O)c1ccc(N=[N+]=[N-])cc1. The maximum Gasteiger partial charge on any atom is 0.262 e. The standard InChI is InChI=1S/C14H14N4O3S/c1-10-3-8-14(21-2)13(9-10)17-22(19,20)12-6-4-11(5-7-12)16-18-15/h3-9,17H,1-2H3. The highest BCUT2D eigenvalue weighted by Crippen LogP contribution is 2.28. The first-order valence-corrected chi connectivity index (χ1v) is 7.77. The second-order valence-corrected chi connectivity index (χ2v) is 6.17. The number of methoxy groups -OCH3 is 1. The van der Waals surface area contributed by atoms with E-state index in [4.69, 9.17) is 10.3 Å². The largest absolute Gasteiger partial charge is 0.495 e. The Hall–Kier alpha value is -2.70. The van der Waals surface area contributed by atoms with Gasteiger partial charge in [0, 0.05) is 10.6 Å². The topological polar surface area (TPSA) is 104 Å². The van der Waals surface area contributed by atoms with Crippen LogP contribution in [0.25, 0.3) is 10.4 Å². The number of nitrogens with one attached hydrogen (secondary N) is 1. The van der Waals surface area contributed by atoms with E-state index in [0.717, 1.165) is 5.56 Å². The molecule has 7 nitrogen and oxygen atoms in total. The summed E-state index contributed by atoms with van der Waals surface area (Å²) in [5.74, 6) is 0.430. The van der Waals surface area contributed by atoms with Crippen LogP contribution in [0.1, 0.15) is 5.56 Å². The zero-order chi connectivity index (χ0) is 16.2. The van der Waals surface area contributed by atoms with Crippen molar-refractivity contribution in [3.05, 3.63) is 58.5 Å². The van der Waals surface area contributed by atoms with E-state index in [1.54, 1.807) is 12.1 Å². The van der Waals surface area contributed by atoms with Crippen molar-refractivity contribution >= 4 is 21.4 Å². The number of sulfonamides is 1. The fourth-order valence-electron chi connectivity index (χ4n) is 1.85. The number of nitrogens with zero attached hydrogens (tertiary/aromatic N) is 3. The molecule has 0 amide bonds. The van der Waals surface area contributed by atoms with Crippen LogP contribution in [-0.4, -0.2) is 15.5 Å². The van der Waals surface area contributed by atoms with Crippen molar-refractivity contribution < 1.29 is 13.2 Å². The lowest BCUT2D eigenvalue weighted by molar-refractivity contribution is 0.417. The lowest BCUT2D eigenvalue weighted by Gasteiger charge is -2.12. The summed E-state index contributed by atoms with van der Waals surface area (Å²) in [4.78, 5) is 2.70. The molecular weight excluding hydrogens is 304 g/mol. The molecule has 0 saturated heterocycles. The maximum atomic E-state index is 12.4. The fourth-order valence-corrected chi connectivity index (χ4v) is 2.91. The highest BCUT2D eigenvalue weighted by Gasteiger charge is 2.16. The minimum absolute atomic E-state index is 0.0629. The molecule has 0 radical (unpaired) electrons. The molecule has 22 heavy (non-hydrogen) atoms. The van der Waals surface area contributed by atoms with E-state index in [2.05, 4.69) is 14.7 Å². The predicted molar refractivity (Wildman–Crippen MR) is 83.8 cm³/mol. The summed E-state index contributed by atoms with van der Waals surface area (Å²) < 4.78 is 32.4. The third-order valence-electron chi connectivity index (χ3n) is 2.91. The number of benzene rings is 2. The monoisotopic (exact) mass is 318 g/mol. The van der Waals surface area contributed by atoms with Crippen molar-refractivity contribution in [3.63, 3.8) is 0 Å². The highest BCUT2D eigenvalue weighted by molar-refractivity contribution is 7.92. The van der Waals surface area contributed by atoms with Gasteiger partial charge in [-0.3, -0.25) is 4.72 Å². The lowest BCUT2D eigenvalue weighted by Crippen LogP contribution is -2.13. The Labute approximate surface area is 128 Å². The minimum atomic E-state index is -3.76. The van der Waals surface area contributed by atoms with Crippen LogP contribution < -0.4 is 9.46 Å². The summed E-state index contributed by atoms with van der Waals surface area (Å²) in [5.41, 5.74) is 9.95. The molecule has 0 aliphatic heterocycles. The predicted octanol–water partition coefficient (Wildman–Crippen LogP) is 3.75. The normalized spacial score (nSPS) is 10.6. The van der Waals surface area contributed by atoms with Gasteiger partial charge < -0.3 is 4.74 Å². The van der Waals surface area contributed by atoms with E-state index >= 15 is 0 Å². The van der Waals surface area contributed by atoms with Gasteiger partial charge in [0.25, 0.3) is 10.0 Å². The van der Waals surface area contributed by atoms with Gasteiger partial charge in [0.15, 0.2) is 0 Å². The molecule has 0 saturated carbocycles. The van der Waals surface area contributed by atoms with Gasteiger partial charge in [-0.1, -0.05) is 23.3 Å². The van der Waals surface area contributed by atoms with Crippen LogP contribution in [0.3, 0.4) is 0 Å². The summed E-state index contributed by atoms with van der Waals surface area (Å²) in [7, 11) is -2.29. The van der Waals surface area contributed by atoms with Gasteiger partial charge in [0.1, 0.15) is 5.75 Å². The van der Waals surface area contributed by atoms with Crippen molar-refractivity contribution in [1.82, 2.24) is 0 Å². The maximum absolute atomic E-state index is 12.4. The van der Waals surface area contributed by atoms with Crippen LogP contribution >= 0.6 is 0 Å². The number of anilines is 1. The van der Waals surface area contributed by atoms with Crippen LogP contribution in [0.15, 0.2) is 52.5 Å². The second kappa shape index (κ2) is 6.38. The van der Waals surface area contributed by atoms with Gasteiger partial charge in [0.2, 0.25) is 0 Å². The van der Waals surface area contributed by atoms with E-state index in [-0.39, 0.29) is 4.90 Å². The molecule has 0 unspecified atom stereocenters. The number of rotatable bonds is 5. The summed E-state index contributed by atoms with van der Waals surface area (Å²) in [6.07, 6.45) is 0. The molecule has 0 fully saturated rings. The second-order valence-electron chi connectivity index (χ2n) is 4.49. The molecule has 0 bridgehead atoms. The third-order valence-corrected chi connectivity index (χ3v) is 4.29. The Bertz CT molecular complexity index is 826. The molecule has 0 heterocycles. The number of ether oxygens (including phenoxy) is 1. The zero-order valence-corrected chi connectivity index (χ0v) is 12.8. The van der Waals surface area contributed by atoms with Gasteiger partial charge in [-0.25, -0.2) is 8.42 Å². The molecule has 0 spiro atoms. The van der Waals surface area contributed by atoms with E-state index in [0.29, 0.717) is 17.1 Å². The van der Waals surface area contributed by atoms with Crippen molar-refractivity contribution in [2.75, 3.05) is 11.8 Å². The van der Waals surface area contributed by atoms with Crippen molar-refractivity contribution in [3.8, 4) is 5.75 Å². The Morgan fingerprint density at radius 1 is 1.18 bits per heavy atom. The first-order valence-electron chi connectivity index (χ1n) is 6.29. The van der Waals surface area contributed by atoms with Crippen molar-refractivity contribution in [1.29, 1.82) is 0 Å². The summed E-state index contributed by atoms with van der Waals surface area (Å²) in [6.45, 7) is 1.85. The highest BCUT2D eigenvalue weighted by atomic mass is 32.2. The average Bonchev–Trinajstić information content (AvgIpc) is 2.48. The van der Waals surface area contributed by atoms with E-state index in [1.165, 1.54) is 31.4 Å². The van der Waals surface area contributed by atoms with Crippen LogP contribution in [0.2, 0.25) is 0 Å². The van der Waals surface area contributed by atoms with Crippen LogP contribution in [-0.2, 0) is 10.0 Å². The van der Waals surface area contributed by atoms with Crippen molar-refractivity contribution in [2.45, 2.75) is 11.8 Å². The number of hydrogen-bond donors (Lipinski definition) is 1. The molecule has 2 aromatic rings. The molecule has 2 rings (SSSR count). The van der Waals surface area contributed by atoms with Gasteiger partial charge >= 0.3 is 0 Å². The van der Waals surface area contributed by atoms with Crippen LogP contribution in [0.4, 0.5) is 11.4 Å². The quantitative estimate of drug-likeness (QED) is 0.515. The van der Waals surface area contributed by atoms with E-state index in [9.17, 15) is 8.42 Å². The molecule has 1 N–H and O–H groups in total. The number of azide groups is 1. The first-order chi connectivity index (χ1) is 10.5. The van der Waals surface area contributed by atoms with E-state index in [1.807, 2.05) is 13.0 Å². The molecule has 2 aromatic carbocycles. The number of aryl methyl sites for hydroxylation is 1. The van der Waals surface area contributed by atoms with Gasteiger partial charge in [-0.2, -0.15) is 0 Å². The summed E-state index contributed by atoms with van der Waals surface area (Å²) in [5, 5.41) is 3.40. The summed E-state index contributed by atoms with van der Waals surface area (Å²) >= 11 is 0. The molecule has 0 atom stereocenters. The molecule has 0 aliphatic carbocycles. The van der Waals surface area contributed by atoms with Crippen LogP contribution in [0, 0.1) is 6.92 Å². The Morgan fingerprint density at radius 2 is 1.86 bits per heavy atom. The smallest absolute Gasteiger partial charge is 0.262 e. The van der Waals surface area contributed by atoms with Crippen LogP contribution in [0.5, 0.6) is 5.75 Å².